The van der Waals surface area contributed by atoms with Crippen LogP contribution in [0.5, 0.6) is 0 Å². The maximum Gasteiger partial charge on any atom is 0.00132 e. The Hall–Kier alpha value is -0.560. The fourth-order valence-electron chi connectivity index (χ4n) is 1.78. The summed E-state index contributed by atoms with van der Waals surface area (Å²) in [6, 6.07) is 0.333. The molecule has 3 atom stereocenters. The number of rotatable bonds is 3. The van der Waals surface area contributed by atoms with E-state index in [2.05, 4.69) is 38.2 Å². The average molecular weight is 165 g/mol. The van der Waals surface area contributed by atoms with Gasteiger partial charge in [-0.05, 0) is 31.6 Å². The van der Waals surface area contributed by atoms with Gasteiger partial charge in [-0.1, -0.05) is 31.2 Å². The van der Waals surface area contributed by atoms with Crippen molar-refractivity contribution < 1.29 is 0 Å². The molecule has 0 radical (unpaired) electrons. The highest BCUT2D eigenvalue weighted by Crippen LogP contribution is 2.24. The number of hydrogen-bond acceptors (Lipinski definition) is 1. The summed E-state index contributed by atoms with van der Waals surface area (Å²) in [5.41, 5.74) is 5.76. The van der Waals surface area contributed by atoms with Gasteiger partial charge in [0, 0.05) is 6.04 Å². The Morgan fingerprint density at radius 2 is 2.17 bits per heavy atom. The number of nitrogens with two attached hydrogens (primary N) is 1. The van der Waals surface area contributed by atoms with Crippen molar-refractivity contribution in [3.05, 3.63) is 24.3 Å². The Balaban J connectivity index is 2.37. The molecule has 0 aromatic carbocycles. The molecule has 0 fully saturated rings. The molecule has 1 rings (SSSR count). The molecule has 68 valence electrons. The van der Waals surface area contributed by atoms with E-state index in [0.717, 1.165) is 6.42 Å². The minimum Gasteiger partial charge on any atom is -0.328 e. The van der Waals surface area contributed by atoms with Gasteiger partial charge in [-0.25, -0.2) is 0 Å². The second-order valence-corrected chi connectivity index (χ2v) is 3.90. The molecule has 1 aliphatic carbocycles. The Bertz CT molecular complexity index is 179. The first-order valence-electron chi connectivity index (χ1n) is 4.79. The van der Waals surface area contributed by atoms with E-state index in [1.54, 1.807) is 0 Å². The molecule has 0 amide bonds. The number of hydrogen-bond donors (Lipinski definition) is 1. The second-order valence-electron chi connectivity index (χ2n) is 3.90. The molecule has 1 aliphatic rings. The molecule has 0 spiro atoms. The van der Waals surface area contributed by atoms with E-state index in [4.69, 9.17) is 5.73 Å². The zero-order valence-corrected chi connectivity index (χ0v) is 8.03. The van der Waals surface area contributed by atoms with E-state index < -0.39 is 0 Å². The van der Waals surface area contributed by atoms with Gasteiger partial charge in [0.2, 0.25) is 0 Å². The molecule has 0 saturated heterocycles. The van der Waals surface area contributed by atoms with Crippen molar-refractivity contribution >= 4 is 0 Å². The van der Waals surface area contributed by atoms with Gasteiger partial charge < -0.3 is 5.73 Å². The van der Waals surface area contributed by atoms with E-state index >= 15 is 0 Å². The maximum atomic E-state index is 5.76. The van der Waals surface area contributed by atoms with E-state index in [1.807, 2.05) is 0 Å². The summed E-state index contributed by atoms with van der Waals surface area (Å²) in [4.78, 5) is 0. The van der Waals surface area contributed by atoms with Gasteiger partial charge in [-0.2, -0.15) is 0 Å². The molecule has 1 heteroatoms. The van der Waals surface area contributed by atoms with Crippen LogP contribution in [0.4, 0.5) is 0 Å². The lowest BCUT2D eigenvalue weighted by molar-refractivity contribution is 0.377. The van der Waals surface area contributed by atoms with Crippen molar-refractivity contribution in [3.63, 3.8) is 0 Å². The summed E-state index contributed by atoms with van der Waals surface area (Å²) in [6.07, 6.45) is 11.1. The normalized spacial score (nSPS) is 27.1. The van der Waals surface area contributed by atoms with E-state index in [9.17, 15) is 0 Å². The largest absolute Gasteiger partial charge is 0.328 e. The van der Waals surface area contributed by atoms with E-state index in [1.165, 1.54) is 6.42 Å². The van der Waals surface area contributed by atoms with Gasteiger partial charge >= 0.3 is 0 Å². The predicted octanol–water partition coefficient (Wildman–Crippen LogP) is 2.49. The zero-order chi connectivity index (χ0) is 8.97. The summed E-state index contributed by atoms with van der Waals surface area (Å²) in [5.74, 6) is 1.42. The first kappa shape index (κ1) is 9.53. The Kier molecular flexibility index (Phi) is 3.54. The summed E-state index contributed by atoms with van der Waals surface area (Å²) >= 11 is 0. The Morgan fingerprint density at radius 3 is 2.67 bits per heavy atom. The third-order valence-corrected chi connectivity index (χ3v) is 2.49. The van der Waals surface area contributed by atoms with Crippen LogP contribution in [0.3, 0.4) is 0 Å². The third kappa shape index (κ3) is 2.82. The molecule has 2 unspecified atom stereocenters. The lowest BCUT2D eigenvalue weighted by Crippen LogP contribution is -2.22. The molecule has 12 heavy (non-hydrogen) atoms. The van der Waals surface area contributed by atoms with Crippen molar-refractivity contribution in [2.24, 2.45) is 17.6 Å². The van der Waals surface area contributed by atoms with Crippen LogP contribution in [0.2, 0.25) is 0 Å². The third-order valence-electron chi connectivity index (χ3n) is 2.49. The van der Waals surface area contributed by atoms with Crippen molar-refractivity contribution in [1.82, 2.24) is 0 Å². The highest BCUT2D eigenvalue weighted by Gasteiger charge is 2.15. The Morgan fingerprint density at radius 1 is 1.42 bits per heavy atom. The fraction of sp³-hybridized carbons (Fsp3) is 0.636. The van der Waals surface area contributed by atoms with Crippen LogP contribution in [0.1, 0.15) is 26.7 Å². The van der Waals surface area contributed by atoms with Crippen LogP contribution in [0.25, 0.3) is 0 Å². The van der Waals surface area contributed by atoms with Gasteiger partial charge in [-0.15, -0.1) is 0 Å². The fourth-order valence-corrected chi connectivity index (χ4v) is 1.78. The molecule has 0 aromatic heterocycles. The lowest BCUT2D eigenvalue weighted by atomic mass is 9.85. The number of allylic oxidation sites excluding steroid dienone is 4. The van der Waals surface area contributed by atoms with Gasteiger partial charge in [0.05, 0.1) is 0 Å². The van der Waals surface area contributed by atoms with Crippen LogP contribution >= 0.6 is 0 Å². The molecule has 0 aromatic rings. The summed E-state index contributed by atoms with van der Waals surface area (Å²) < 4.78 is 0. The molecular formula is C11H19N. The predicted molar refractivity (Wildman–Crippen MR) is 53.8 cm³/mol. The summed E-state index contributed by atoms with van der Waals surface area (Å²) in [5, 5.41) is 0. The Labute approximate surface area is 75.3 Å². The molecule has 1 nitrogen and oxygen atoms in total. The first-order chi connectivity index (χ1) is 5.70. The summed E-state index contributed by atoms with van der Waals surface area (Å²) in [6.45, 7) is 4.37. The molecule has 2 N–H and O–H groups in total. The van der Waals surface area contributed by atoms with Crippen LogP contribution in [0, 0.1) is 11.8 Å². The van der Waals surface area contributed by atoms with Crippen molar-refractivity contribution in [3.8, 4) is 0 Å². The maximum absolute atomic E-state index is 5.76. The van der Waals surface area contributed by atoms with Crippen molar-refractivity contribution in [2.75, 3.05) is 0 Å². The zero-order valence-electron chi connectivity index (χ0n) is 8.03. The van der Waals surface area contributed by atoms with Gasteiger partial charge in [0.1, 0.15) is 0 Å². The standard InChI is InChI=1S/C11H19N/c1-9(8-10(2)12)11-6-4-3-5-7-11/h3-6,9-11H,7-8,12H2,1-2H3/t9?,10-,11?/m1/s1. The minimum absolute atomic E-state index is 0.333. The second kappa shape index (κ2) is 4.46. The van der Waals surface area contributed by atoms with Gasteiger partial charge in [0.25, 0.3) is 0 Å². The molecule has 0 heterocycles. The van der Waals surface area contributed by atoms with E-state index in [-0.39, 0.29) is 0 Å². The highest BCUT2D eigenvalue weighted by atomic mass is 14.6. The van der Waals surface area contributed by atoms with Crippen LogP contribution in [0.15, 0.2) is 24.3 Å². The molecule has 0 aliphatic heterocycles. The highest BCUT2D eigenvalue weighted by molar-refractivity contribution is 5.11. The quantitative estimate of drug-likeness (QED) is 0.683. The smallest absolute Gasteiger partial charge is 0.00132 e. The topological polar surface area (TPSA) is 26.0 Å². The van der Waals surface area contributed by atoms with Crippen molar-refractivity contribution in [2.45, 2.75) is 32.7 Å². The molecule has 0 saturated carbocycles. The molecule has 0 bridgehead atoms. The van der Waals surface area contributed by atoms with Gasteiger partial charge in [0.15, 0.2) is 0 Å². The van der Waals surface area contributed by atoms with Gasteiger partial charge in [-0.3, -0.25) is 0 Å². The van der Waals surface area contributed by atoms with E-state index in [0.29, 0.717) is 17.9 Å². The van der Waals surface area contributed by atoms with Crippen molar-refractivity contribution in [1.29, 1.82) is 0 Å². The van der Waals surface area contributed by atoms with Crippen LogP contribution in [-0.2, 0) is 0 Å². The van der Waals surface area contributed by atoms with Crippen LogP contribution < -0.4 is 5.73 Å². The SMILES string of the molecule is CC(C[C@@H](C)N)C1C=CC=CC1. The summed E-state index contributed by atoms with van der Waals surface area (Å²) in [7, 11) is 0. The molecular weight excluding hydrogens is 146 g/mol. The average Bonchev–Trinajstić information content (AvgIpc) is 2.05. The monoisotopic (exact) mass is 165 g/mol. The minimum atomic E-state index is 0.333. The van der Waals surface area contributed by atoms with Crippen LogP contribution in [-0.4, -0.2) is 6.04 Å². The first-order valence-corrected chi connectivity index (χ1v) is 4.79. The lowest BCUT2D eigenvalue weighted by Gasteiger charge is -2.22.